The highest BCUT2D eigenvalue weighted by Crippen LogP contribution is 2.12. The van der Waals surface area contributed by atoms with Crippen LogP contribution in [0.5, 0.6) is 0 Å². The van der Waals surface area contributed by atoms with E-state index in [-0.39, 0.29) is 0 Å². The molecular weight excluding hydrogens is 190 g/mol. The molecule has 1 atom stereocenters. The monoisotopic (exact) mass is 207 g/mol. The summed E-state index contributed by atoms with van der Waals surface area (Å²) in [5.41, 5.74) is 2.16. The molecule has 0 aromatic carbocycles. The maximum Gasteiger partial charge on any atom is 0.223 e. The molecule has 0 aliphatic carbocycles. The van der Waals surface area contributed by atoms with Gasteiger partial charge in [0.05, 0.1) is 12.6 Å². The Kier molecular flexibility index (Phi) is 3.16. The molecule has 2 heterocycles. The van der Waals surface area contributed by atoms with Crippen LogP contribution in [0.1, 0.15) is 24.1 Å². The van der Waals surface area contributed by atoms with Crippen LogP contribution in [-0.4, -0.2) is 29.2 Å². The number of hydrogen-bond acceptors (Lipinski definition) is 4. The molecule has 0 radical (unpaired) electrons. The fourth-order valence-corrected chi connectivity index (χ4v) is 1.63. The van der Waals surface area contributed by atoms with E-state index < -0.39 is 0 Å². The molecule has 0 bridgehead atoms. The van der Waals surface area contributed by atoms with Crippen molar-refractivity contribution < 1.29 is 4.74 Å². The van der Waals surface area contributed by atoms with Gasteiger partial charge in [-0.25, -0.2) is 9.97 Å². The Morgan fingerprint density at radius 2 is 2.33 bits per heavy atom. The number of nitrogens with one attached hydrogen (secondary N) is 1. The number of ether oxygens (including phenoxy) is 1. The van der Waals surface area contributed by atoms with Crippen molar-refractivity contribution in [2.45, 2.75) is 32.7 Å². The van der Waals surface area contributed by atoms with Crippen molar-refractivity contribution in [3.8, 4) is 0 Å². The van der Waals surface area contributed by atoms with Crippen LogP contribution in [0.3, 0.4) is 0 Å². The minimum atomic E-state index is 0.362. The van der Waals surface area contributed by atoms with E-state index in [2.05, 4.69) is 15.3 Å². The third kappa shape index (κ3) is 2.65. The molecule has 1 aliphatic rings. The van der Waals surface area contributed by atoms with Crippen LogP contribution in [0, 0.1) is 13.8 Å². The van der Waals surface area contributed by atoms with E-state index >= 15 is 0 Å². The molecule has 1 N–H and O–H groups in total. The summed E-state index contributed by atoms with van der Waals surface area (Å²) < 4.78 is 5.39. The van der Waals surface area contributed by atoms with Crippen LogP contribution in [0.15, 0.2) is 6.20 Å². The van der Waals surface area contributed by atoms with Gasteiger partial charge in [0.1, 0.15) is 0 Å². The molecule has 0 saturated carbocycles. The average molecular weight is 207 g/mol. The molecule has 4 nitrogen and oxygen atoms in total. The highest BCUT2D eigenvalue weighted by atomic mass is 16.5. The smallest absolute Gasteiger partial charge is 0.223 e. The second kappa shape index (κ2) is 4.57. The number of rotatable bonds is 2. The lowest BCUT2D eigenvalue weighted by molar-refractivity contribution is 0.0874. The second-order valence-corrected chi connectivity index (χ2v) is 4.02. The zero-order valence-electron chi connectivity index (χ0n) is 9.29. The van der Waals surface area contributed by atoms with Gasteiger partial charge in [-0.2, -0.15) is 0 Å². The van der Waals surface area contributed by atoms with Gasteiger partial charge in [-0.3, -0.25) is 0 Å². The molecule has 0 amide bonds. The topological polar surface area (TPSA) is 47.0 Å². The lowest BCUT2D eigenvalue weighted by atomic mass is 10.1. The van der Waals surface area contributed by atoms with Crippen LogP contribution in [0.2, 0.25) is 0 Å². The standard InChI is InChI=1S/C11H17N3O/c1-8-6-12-11(13-9(8)2)14-10-4-3-5-15-7-10/h6,10H,3-5,7H2,1-2H3,(H,12,13,14)/t10-/m1/s1. The first-order valence-corrected chi connectivity index (χ1v) is 5.40. The zero-order valence-corrected chi connectivity index (χ0v) is 9.29. The molecule has 1 fully saturated rings. The van der Waals surface area contributed by atoms with Crippen LogP contribution in [-0.2, 0) is 4.74 Å². The Labute approximate surface area is 90.1 Å². The van der Waals surface area contributed by atoms with Crippen LogP contribution < -0.4 is 5.32 Å². The zero-order chi connectivity index (χ0) is 10.7. The summed E-state index contributed by atoms with van der Waals surface area (Å²) in [4.78, 5) is 8.64. The predicted octanol–water partition coefficient (Wildman–Crippen LogP) is 1.68. The van der Waals surface area contributed by atoms with Gasteiger partial charge in [0, 0.05) is 18.5 Å². The van der Waals surface area contributed by atoms with Crippen molar-refractivity contribution in [1.82, 2.24) is 9.97 Å². The SMILES string of the molecule is Cc1cnc(N[C@@H]2CCCOC2)nc1C. The molecular formula is C11H17N3O. The predicted molar refractivity (Wildman–Crippen MR) is 59.0 cm³/mol. The molecule has 2 rings (SSSR count). The maximum atomic E-state index is 5.39. The molecule has 1 aromatic rings. The largest absolute Gasteiger partial charge is 0.379 e. The average Bonchev–Trinajstić information content (AvgIpc) is 2.25. The van der Waals surface area contributed by atoms with E-state index in [0.29, 0.717) is 12.0 Å². The van der Waals surface area contributed by atoms with Gasteiger partial charge in [0.25, 0.3) is 0 Å². The van der Waals surface area contributed by atoms with E-state index in [1.807, 2.05) is 20.0 Å². The highest BCUT2D eigenvalue weighted by Gasteiger charge is 2.14. The van der Waals surface area contributed by atoms with Crippen molar-refractivity contribution in [3.05, 3.63) is 17.5 Å². The van der Waals surface area contributed by atoms with Gasteiger partial charge in [-0.05, 0) is 32.3 Å². The minimum absolute atomic E-state index is 0.362. The first-order chi connectivity index (χ1) is 7.25. The van der Waals surface area contributed by atoms with E-state index in [4.69, 9.17) is 4.74 Å². The summed E-state index contributed by atoms with van der Waals surface area (Å²) in [5.74, 6) is 0.716. The van der Waals surface area contributed by atoms with Crippen LogP contribution in [0.25, 0.3) is 0 Å². The summed E-state index contributed by atoms with van der Waals surface area (Å²) >= 11 is 0. The Morgan fingerprint density at radius 1 is 1.47 bits per heavy atom. The number of anilines is 1. The summed E-state index contributed by atoms with van der Waals surface area (Å²) in [7, 11) is 0. The first-order valence-electron chi connectivity index (χ1n) is 5.40. The van der Waals surface area contributed by atoms with Gasteiger partial charge < -0.3 is 10.1 Å². The summed E-state index contributed by atoms with van der Waals surface area (Å²) in [6.45, 7) is 5.66. The normalized spacial score (nSPS) is 21.3. The fourth-order valence-electron chi connectivity index (χ4n) is 1.63. The van der Waals surface area contributed by atoms with Crippen molar-refractivity contribution in [2.24, 2.45) is 0 Å². The molecule has 0 spiro atoms. The molecule has 0 unspecified atom stereocenters. The summed E-state index contributed by atoms with van der Waals surface area (Å²) in [6.07, 6.45) is 4.10. The molecule has 1 aromatic heterocycles. The fraction of sp³-hybridized carbons (Fsp3) is 0.636. The Hall–Kier alpha value is -1.16. The van der Waals surface area contributed by atoms with Gasteiger partial charge >= 0.3 is 0 Å². The number of aryl methyl sites for hydroxylation is 2. The van der Waals surface area contributed by atoms with Gasteiger partial charge in [-0.15, -0.1) is 0 Å². The molecule has 4 heteroatoms. The van der Waals surface area contributed by atoms with E-state index in [0.717, 1.165) is 37.3 Å². The molecule has 82 valence electrons. The molecule has 1 aliphatic heterocycles. The Bertz CT molecular complexity index is 335. The van der Waals surface area contributed by atoms with Gasteiger partial charge in [0.2, 0.25) is 5.95 Å². The van der Waals surface area contributed by atoms with Crippen molar-refractivity contribution in [1.29, 1.82) is 0 Å². The first kappa shape index (κ1) is 10.4. The van der Waals surface area contributed by atoms with E-state index in [9.17, 15) is 0 Å². The van der Waals surface area contributed by atoms with Crippen molar-refractivity contribution in [3.63, 3.8) is 0 Å². The molecule has 1 saturated heterocycles. The summed E-state index contributed by atoms with van der Waals surface area (Å²) in [6, 6.07) is 0.362. The minimum Gasteiger partial charge on any atom is -0.379 e. The van der Waals surface area contributed by atoms with Gasteiger partial charge in [0.15, 0.2) is 0 Å². The third-order valence-electron chi connectivity index (χ3n) is 2.72. The highest BCUT2D eigenvalue weighted by molar-refractivity contribution is 5.29. The van der Waals surface area contributed by atoms with Crippen LogP contribution in [0.4, 0.5) is 5.95 Å². The number of nitrogens with zero attached hydrogens (tertiary/aromatic N) is 2. The third-order valence-corrected chi connectivity index (χ3v) is 2.72. The Morgan fingerprint density at radius 3 is 3.00 bits per heavy atom. The number of hydrogen-bond donors (Lipinski definition) is 1. The number of aromatic nitrogens is 2. The van der Waals surface area contributed by atoms with Crippen LogP contribution >= 0.6 is 0 Å². The summed E-state index contributed by atoms with van der Waals surface area (Å²) in [5, 5.41) is 3.30. The lowest BCUT2D eigenvalue weighted by Gasteiger charge is -2.23. The second-order valence-electron chi connectivity index (χ2n) is 4.02. The molecule has 15 heavy (non-hydrogen) atoms. The van der Waals surface area contributed by atoms with Crippen molar-refractivity contribution in [2.75, 3.05) is 18.5 Å². The van der Waals surface area contributed by atoms with Gasteiger partial charge in [-0.1, -0.05) is 0 Å². The van der Waals surface area contributed by atoms with E-state index in [1.54, 1.807) is 0 Å². The van der Waals surface area contributed by atoms with E-state index in [1.165, 1.54) is 0 Å². The van der Waals surface area contributed by atoms with Crippen molar-refractivity contribution >= 4 is 5.95 Å². The lowest BCUT2D eigenvalue weighted by Crippen LogP contribution is -2.30. The Balaban J connectivity index is 2.00. The maximum absolute atomic E-state index is 5.39. The quantitative estimate of drug-likeness (QED) is 0.801.